The Kier molecular flexibility index (Phi) is 2.14. The molecule has 0 bridgehead atoms. The van der Waals surface area contributed by atoms with Crippen LogP contribution in [0.25, 0.3) is 0 Å². The first-order valence-electron chi connectivity index (χ1n) is 5.33. The van der Waals surface area contributed by atoms with Crippen molar-refractivity contribution in [2.75, 3.05) is 0 Å². The maximum absolute atomic E-state index is 11.0. The molecule has 0 aliphatic heterocycles. The fourth-order valence-electron chi connectivity index (χ4n) is 2.46. The molecule has 0 aromatic carbocycles. The van der Waals surface area contributed by atoms with Crippen LogP contribution in [0.1, 0.15) is 43.7 Å². The number of carbonyl (C=O) groups is 1. The molecule has 2 unspecified atom stereocenters. The van der Waals surface area contributed by atoms with Crippen molar-refractivity contribution >= 4 is 5.97 Å². The second kappa shape index (κ2) is 3.12. The molecule has 1 aromatic rings. The van der Waals surface area contributed by atoms with Crippen molar-refractivity contribution in [3.63, 3.8) is 0 Å². The third-order valence-corrected chi connectivity index (χ3v) is 3.61. The molecule has 2 rings (SSSR count). The van der Waals surface area contributed by atoms with Crippen LogP contribution < -0.4 is 0 Å². The van der Waals surface area contributed by atoms with E-state index >= 15 is 0 Å². The van der Waals surface area contributed by atoms with Crippen LogP contribution in [0.2, 0.25) is 0 Å². The van der Waals surface area contributed by atoms with Gasteiger partial charge in [-0.25, -0.2) is 4.79 Å². The van der Waals surface area contributed by atoms with E-state index < -0.39 is 5.97 Å². The number of aromatic nitrogens is 1. The van der Waals surface area contributed by atoms with E-state index in [2.05, 4.69) is 20.8 Å². The average Bonchev–Trinajstić information content (AvgIpc) is 2.65. The van der Waals surface area contributed by atoms with Gasteiger partial charge in [-0.05, 0) is 36.8 Å². The van der Waals surface area contributed by atoms with Gasteiger partial charge in [0, 0.05) is 12.2 Å². The highest BCUT2D eigenvalue weighted by atomic mass is 16.4. The van der Waals surface area contributed by atoms with Crippen LogP contribution in [0.4, 0.5) is 0 Å². The molecule has 1 N–H and O–H groups in total. The molecule has 0 saturated heterocycles. The minimum absolute atomic E-state index is 0.279. The Morgan fingerprint density at radius 2 is 2.27 bits per heavy atom. The Bertz CT molecular complexity index is 392. The molecule has 15 heavy (non-hydrogen) atoms. The van der Waals surface area contributed by atoms with Crippen LogP contribution >= 0.6 is 0 Å². The van der Waals surface area contributed by atoms with E-state index in [-0.39, 0.29) is 6.04 Å². The van der Waals surface area contributed by atoms with E-state index in [0.29, 0.717) is 17.0 Å². The van der Waals surface area contributed by atoms with Gasteiger partial charge in [-0.3, -0.25) is 0 Å². The standard InChI is InChI=1S/C12H17NO2/c1-8(9-7-12(9,2)3)13-6-4-5-10(13)11(14)15/h4-6,8-9H,7H2,1-3H3,(H,14,15). The zero-order chi connectivity index (χ0) is 11.2. The van der Waals surface area contributed by atoms with Crippen LogP contribution in [0.3, 0.4) is 0 Å². The fraction of sp³-hybridized carbons (Fsp3) is 0.583. The smallest absolute Gasteiger partial charge is 0.352 e. The number of aromatic carboxylic acids is 1. The van der Waals surface area contributed by atoms with Gasteiger partial charge in [-0.15, -0.1) is 0 Å². The first-order valence-corrected chi connectivity index (χ1v) is 5.33. The van der Waals surface area contributed by atoms with Crippen LogP contribution in [0, 0.1) is 11.3 Å². The summed E-state index contributed by atoms with van der Waals surface area (Å²) in [6, 6.07) is 3.74. The van der Waals surface area contributed by atoms with E-state index in [1.165, 1.54) is 6.42 Å². The van der Waals surface area contributed by atoms with Crippen molar-refractivity contribution in [2.45, 2.75) is 33.2 Å². The van der Waals surface area contributed by atoms with Crippen LogP contribution in [-0.2, 0) is 0 Å². The molecule has 2 atom stereocenters. The van der Waals surface area contributed by atoms with Gasteiger partial charge in [0.15, 0.2) is 0 Å². The summed E-state index contributed by atoms with van der Waals surface area (Å²) in [5, 5.41) is 9.01. The van der Waals surface area contributed by atoms with Crippen molar-refractivity contribution in [1.29, 1.82) is 0 Å². The molecule has 0 amide bonds. The van der Waals surface area contributed by atoms with Gasteiger partial charge < -0.3 is 9.67 Å². The quantitative estimate of drug-likeness (QED) is 0.828. The topological polar surface area (TPSA) is 42.2 Å². The molecular formula is C12H17NO2. The Labute approximate surface area is 89.7 Å². The molecule has 1 saturated carbocycles. The first-order chi connectivity index (χ1) is 6.93. The number of nitrogens with zero attached hydrogens (tertiary/aromatic N) is 1. The molecule has 1 fully saturated rings. The number of carboxylic acids is 1. The average molecular weight is 207 g/mol. The van der Waals surface area contributed by atoms with Gasteiger partial charge in [0.1, 0.15) is 5.69 Å². The first kappa shape index (κ1) is 10.3. The highest BCUT2D eigenvalue weighted by Gasteiger charge is 2.49. The molecule has 1 aliphatic carbocycles. The largest absolute Gasteiger partial charge is 0.477 e. The van der Waals surface area contributed by atoms with Gasteiger partial charge in [-0.2, -0.15) is 0 Å². The maximum Gasteiger partial charge on any atom is 0.352 e. The summed E-state index contributed by atoms with van der Waals surface area (Å²) in [5.41, 5.74) is 0.768. The van der Waals surface area contributed by atoms with Crippen molar-refractivity contribution in [3.05, 3.63) is 24.0 Å². The summed E-state index contributed by atoms with van der Waals surface area (Å²) >= 11 is 0. The van der Waals surface area contributed by atoms with Gasteiger partial charge in [0.25, 0.3) is 0 Å². The minimum Gasteiger partial charge on any atom is -0.477 e. The normalized spacial score (nSPS) is 24.9. The van der Waals surface area contributed by atoms with Crippen LogP contribution in [0.5, 0.6) is 0 Å². The Morgan fingerprint density at radius 1 is 1.67 bits per heavy atom. The van der Waals surface area contributed by atoms with Crippen molar-refractivity contribution in [1.82, 2.24) is 4.57 Å². The summed E-state index contributed by atoms with van der Waals surface area (Å²) in [5.74, 6) is -0.242. The Hall–Kier alpha value is -1.25. The minimum atomic E-state index is -0.842. The molecule has 1 aromatic heterocycles. The zero-order valence-electron chi connectivity index (χ0n) is 9.40. The van der Waals surface area contributed by atoms with E-state index in [1.54, 1.807) is 12.1 Å². The fourth-order valence-corrected chi connectivity index (χ4v) is 2.46. The summed E-state index contributed by atoms with van der Waals surface area (Å²) in [7, 11) is 0. The molecule has 0 radical (unpaired) electrons. The molecule has 3 nitrogen and oxygen atoms in total. The van der Waals surface area contributed by atoms with E-state index in [4.69, 9.17) is 5.11 Å². The van der Waals surface area contributed by atoms with Crippen molar-refractivity contribution in [2.24, 2.45) is 11.3 Å². The van der Waals surface area contributed by atoms with Crippen molar-refractivity contribution < 1.29 is 9.90 Å². The molecule has 1 aliphatic rings. The number of carboxylic acid groups (broad SMARTS) is 1. The lowest BCUT2D eigenvalue weighted by molar-refractivity contribution is 0.0681. The highest BCUT2D eigenvalue weighted by Crippen LogP contribution is 2.57. The molecule has 0 spiro atoms. The number of hydrogen-bond acceptors (Lipinski definition) is 1. The molecule has 82 valence electrons. The predicted octanol–water partition coefficient (Wildman–Crippen LogP) is 2.79. The Morgan fingerprint density at radius 3 is 2.73 bits per heavy atom. The monoisotopic (exact) mass is 207 g/mol. The highest BCUT2D eigenvalue weighted by molar-refractivity contribution is 5.85. The van der Waals surface area contributed by atoms with Crippen LogP contribution in [0.15, 0.2) is 18.3 Å². The third-order valence-electron chi connectivity index (χ3n) is 3.61. The maximum atomic E-state index is 11.0. The van der Waals surface area contributed by atoms with Gasteiger partial charge in [0.05, 0.1) is 0 Å². The molecule has 1 heterocycles. The third kappa shape index (κ3) is 1.66. The van der Waals surface area contributed by atoms with E-state index in [1.807, 2.05) is 10.8 Å². The van der Waals surface area contributed by atoms with Gasteiger partial charge in [0.2, 0.25) is 0 Å². The van der Waals surface area contributed by atoms with E-state index in [9.17, 15) is 4.79 Å². The molecular weight excluding hydrogens is 190 g/mol. The lowest BCUT2D eigenvalue weighted by Gasteiger charge is -2.17. The van der Waals surface area contributed by atoms with Gasteiger partial charge in [-0.1, -0.05) is 13.8 Å². The number of hydrogen-bond donors (Lipinski definition) is 1. The summed E-state index contributed by atoms with van der Waals surface area (Å²) in [4.78, 5) is 11.0. The number of rotatable bonds is 3. The predicted molar refractivity (Wildman–Crippen MR) is 58.0 cm³/mol. The second-order valence-electron chi connectivity index (χ2n) is 5.15. The van der Waals surface area contributed by atoms with E-state index in [0.717, 1.165) is 0 Å². The van der Waals surface area contributed by atoms with Crippen LogP contribution in [-0.4, -0.2) is 15.6 Å². The second-order valence-corrected chi connectivity index (χ2v) is 5.15. The lowest BCUT2D eigenvalue weighted by Crippen LogP contribution is -2.15. The Balaban J connectivity index is 2.23. The summed E-state index contributed by atoms with van der Waals surface area (Å²) in [6.45, 7) is 6.57. The van der Waals surface area contributed by atoms with Crippen molar-refractivity contribution in [3.8, 4) is 0 Å². The lowest BCUT2D eigenvalue weighted by atomic mass is 10.1. The zero-order valence-corrected chi connectivity index (χ0v) is 9.40. The summed E-state index contributed by atoms with van der Waals surface area (Å²) in [6.07, 6.45) is 3.05. The summed E-state index contributed by atoms with van der Waals surface area (Å²) < 4.78 is 1.88. The van der Waals surface area contributed by atoms with Gasteiger partial charge >= 0.3 is 5.97 Å². The SMILES string of the molecule is CC(C1CC1(C)C)n1cccc1C(=O)O. The molecule has 3 heteroatoms.